The Labute approximate surface area is 176 Å². The van der Waals surface area contributed by atoms with E-state index in [9.17, 15) is 14.4 Å². The summed E-state index contributed by atoms with van der Waals surface area (Å²) in [5, 5.41) is 5.74. The molecule has 0 atom stereocenters. The number of carbonyl (C=O) groups is 3. The van der Waals surface area contributed by atoms with E-state index in [0.717, 1.165) is 24.8 Å². The van der Waals surface area contributed by atoms with Crippen LogP contribution in [-0.4, -0.2) is 47.4 Å². The van der Waals surface area contributed by atoms with E-state index < -0.39 is 0 Å². The lowest BCUT2D eigenvalue weighted by Gasteiger charge is -2.29. The van der Waals surface area contributed by atoms with Gasteiger partial charge in [-0.05, 0) is 55.4 Å². The minimum Gasteiger partial charge on any atom is -0.343 e. The number of hydrogen-bond acceptors (Lipinski definition) is 3. The molecular weight excluding hydrogens is 378 g/mol. The van der Waals surface area contributed by atoms with Crippen molar-refractivity contribution in [1.82, 2.24) is 15.3 Å². The van der Waals surface area contributed by atoms with Gasteiger partial charge in [-0.1, -0.05) is 42.0 Å². The van der Waals surface area contributed by atoms with Crippen LogP contribution in [0.2, 0.25) is 0 Å². The zero-order valence-corrected chi connectivity index (χ0v) is 17.3. The quantitative estimate of drug-likeness (QED) is 0.831. The molecule has 0 bridgehead atoms. The summed E-state index contributed by atoms with van der Waals surface area (Å²) < 4.78 is 0. The molecule has 1 saturated heterocycles. The molecule has 4 rings (SSSR count). The summed E-state index contributed by atoms with van der Waals surface area (Å²) in [6, 6.07) is 15.5. The van der Waals surface area contributed by atoms with Crippen LogP contribution in [0.15, 0.2) is 48.5 Å². The van der Waals surface area contributed by atoms with Crippen LogP contribution in [-0.2, 0) is 22.4 Å². The molecule has 1 heterocycles. The largest absolute Gasteiger partial charge is 0.343 e. The van der Waals surface area contributed by atoms with Gasteiger partial charge in [0.2, 0.25) is 5.91 Å². The topological polar surface area (TPSA) is 69.7 Å². The summed E-state index contributed by atoms with van der Waals surface area (Å²) in [6.07, 6.45) is 3.02. The Balaban J connectivity index is 1.30. The Morgan fingerprint density at radius 2 is 1.50 bits per heavy atom. The first-order valence-corrected chi connectivity index (χ1v) is 10.5. The standard InChI is InChI=1S/C24H27N3O3/c1-17-7-9-19(10-8-17)24(30)25-16-23(29)27-12-4-11-26(27)22(28)15-18-13-20-5-2-3-6-21(20)14-18/h2-3,5-10,18H,4,11-16H2,1H3,(H,25,30). The van der Waals surface area contributed by atoms with Crippen LogP contribution < -0.4 is 5.32 Å². The fraction of sp³-hybridized carbons (Fsp3) is 0.375. The van der Waals surface area contributed by atoms with Gasteiger partial charge in [-0.2, -0.15) is 0 Å². The van der Waals surface area contributed by atoms with E-state index in [1.54, 1.807) is 17.1 Å². The van der Waals surface area contributed by atoms with E-state index in [2.05, 4.69) is 17.4 Å². The molecule has 2 aromatic rings. The maximum absolute atomic E-state index is 12.9. The van der Waals surface area contributed by atoms with Crippen molar-refractivity contribution in [2.75, 3.05) is 19.6 Å². The molecule has 0 unspecified atom stereocenters. The van der Waals surface area contributed by atoms with Gasteiger partial charge < -0.3 is 5.32 Å². The second-order valence-electron chi connectivity index (χ2n) is 8.18. The number of amides is 3. The van der Waals surface area contributed by atoms with Crippen LogP contribution in [0.5, 0.6) is 0 Å². The number of hydrogen-bond donors (Lipinski definition) is 1. The molecule has 2 aromatic carbocycles. The van der Waals surface area contributed by atoms with Gasteiger partial charge in [0.1, 0.15) is 0 Å². The van der Waals surface area contributed by atoms with Crippen molar-refractivity contribution in [3.8, 4) is 0 Å². The molecule has 6 nitrogen and oxygen atoms in total. The molecule has 0 radical (unpaired) electrons. The predicted octanol–water partition coefficient (Wildman–Crippen LogP) is 2.51. The number of hydrazine groups is 1. The maximum Gasteiger partial charge on any atom is 0.260 e. The van der Waals surface area contributed by atoms with E-state index in [1.165, 1.54) is 16.1 Å². The third kappa shape index (κ3) is 4.37. The highest BCUT2D eigenvalue weighted by Crippen LogP contribution is 2.29. The molecule has 1 aliphatic carbocycles. The number of aryl methyl sites for hydroxylation is 1. The first kappa shape index (κ1) is 20.1. The van der Waals surface area contributed by atoms with Gasteiger partial charge in [0.15, 0.2) is 0 Å². The minimum atomic E-state index is -0.288. The van der Waals surface area contributed by atoms with Gasteiger partial charge in [-0.15, -0.1) is 0 Å². The summed E-state index contributed by atoms with van der Waals surface area (Å²) in [6.45, 7) is 2.89. The molecule has 6 heteroatoms. The lowest BCUT2D eigenvalue weighted by molar-refractivity contribution is -0.157. The van der Waals surface area contributed by atoms with Gasteiger partial charge in [-0.3, -0.25) is 19.4 Å². The molecule has 3 amide bonds. The molecule has 156 valence electrons. The third-order valence-electron chi connectivity index (χ3n) is 5.92. The molecule has 1 N–H and O–H groups in total. The molecule has 1 aliphatic heterocycles. The zero-order chi connectivity index (χ0) is 21.1. The Bertz CT molecular complexity index is 929. The van der Waals surface area contributed by atoms with Gasteiger partial charge >= 0.3 is 0 Å². The Morgan fingerprint density at radius 1 is 0.900 bits per heavy atom. The average molecular weight is 405 g/mol. The maximum atomic E-state index is 12.9. The van der Waals surface area contributed by atoms with Gasteiger partial charge in [0.05, 0.1) is 6.54 Å². The lowest BCUT2D eigenvalue weighted by atomic mass is 10.0. The van der Waals surface area contributed by atoms with E-state index in [0.29, 0.717) is 25.1 Å². The van der Waals surface area contributed by atoms with Crippen molar-refractivity contribution in [2.24, 2.45) is 5.92 Å². The minimum absolute atomic E-state index is 0.0106. The number of nitrogens with zero attached hydrogens (tertiary/aromatic N) is 2. The molecular formula is C24H27N3O3. The molecule has 30 heavy (non-hydrogen) atoms. The molecule has 1 fully saturated rings. The summed E-state index contributed by atoms with van der Waals surface area (Å²) in [7, 11) is 0. The highest BCUT2D eigenvalue weighted by atomic mass is 16.2. The highest BCUT2D eigenvalue weighted by Gasteiger charge is 2.33. The second kappa shape index (κ2) is 8.69. The van der Waals surface area contributed by atoms with Gasteiger partial charge in [-0.25, -0.2) is 5.01 Å². The monoisotopic (exact) mass is 405 g/mol. The Kier molecular flexibility index (Phi) is 5.84. The number of benzene rings is 2. The summed E-state index contributed by atoms with van der Waals surface area (Å²) >= 11 is 0. The van der Waals surface area contributed by atoms with Crippen LogP contribution >= 0.6 is 0 Å². The highest BCUT2D eigenvalue weighted by molar-refractivity contribution is 5.96. The van der Waals surface area contributed by atoms with E-state index in [1.807, 2.05) is 31.2 Å². The number of fused-ring (bicyclic) bond motifs is 1. The van der Waals surface area contributed by atoms with Crippen molar-refractivity contribution in [2.45, 2.75) is 32.6 Å². The van der Waals surface area contributed by atoms with Crippen LogP contribution in [0.25, 0.3) is 0 Å². The normalized spacial score (nSPS) is 15.9. The van der Waals surface area contributed by atoms with Crippen molar-refractivity contribution in [3.63, 3.8) is 0 Å². The predicted molar refractivity (Wildman–Crippen MR) is 114 cm³/mol. The smallest absolute Gasteiger partial charge is 0.260 e. The second-order valence-corrected chi connectivity index (χ2v) is 8.18. The summed E-state index contributed by atoms with van der Waals surface area (Å²) in [4.78, 5) is 37.9. The van der Waals surface area contributed by atoms with Gasteiger partial charge in [0.25, 0.3) is 11.8 Å². The van der Waals surface area contributed by atoms with Crippen molar-refractivity contribution in [1.29, 1.82) is 0 Å². The molecule has 0 saturated carbocycles. The first-order valence-electron chi connectivity index (χ1n) is 10.5. The van der Waals surface area contributed by atoms with E-state index in [4.69, 9.17) is 0 Å². The van der Waals surface area contributed by atoms with Crippen molar-refractivity contribution < 1.29 is 14.4 Å². The Hall–Kier alpha value is -3.15. The Morgan fingerprint density at radius 3 is 2.13 bits per heavy atom. The lowest BCUT2D eigenvalue weighted by Crippen LogP contribution is -2.49. The third-order valence-corrected chi connectivity index (χ3v) is 5.92. The summed E-state index contributed by atoms with van der Waals surface area (Å²) in [5.41, 5.74) is 4.23. The molecule has 0 spiro atoms. The van der Waals surface area contributed by atoms with E-state index >= 15 is 0 Å². The molecule has 0 aromatic heterocycles. The number of rotatable bonds is 5. The SMILES string of the molecule is Cc1ccc(C(=O)NCC(=O)N2CCCN2C(=O)CC2Cc3ccccc3C2)cc1. The van der Waals surface area contributed by atoms with Crippen molar-refractivity contribution >= 4 is 17.7 Å². The van der Waals surface area contributed by atoms with Crippen LogP contribution in [0.1, 0.15) is 39.9 Å². The number of nitrogens with one attached hydrogen (secondary N) is 1. The first-order chi connectivity index (χ1) is 14.5. The fourth-order valence-corrected chi connectivity index (χ4v) is 4.33. The van der Waals surface area contributed by atoms with E-state index in [-0.39, 0.29) is 30.2 Å². The zero-order valence-electron chi connectivity index (χ0n) is 17.3. The van der Waals surface area contributed by atoms with Crippen LogP contribution in [0.4, 0.5) is 0 Å². The van der Waals surface area contributed by atoms with Crippen LogP contribution in [0, 0.1) is 12.8 Å². The fourth-order valence-electron chi connectivity index (χ4n) is 4.33. The van der Waals surface area contributed by atoms with Crippen LogP contribution in [0.3, 0.4) is 0 Å². The summed E-state index contributed by atoms with van der Waals surface area (Å²) in [5.74, 6) is -0.266. The number of carbonyl (C=O) groups excluding carboxylic acids is 3. The molecule has 2 aliphatic rings. The van der Waals surface area contributed by atoms with Gasteiger partial charge in [0, 0.05) is 25.1 Å². The average Bonchev–Trinajstić information content (AvgIpc) is 3.39. The van der Waals surface area contributed by atoms with Crippen molar-refractivity contribution in [3.05, 3.63) is 70.8 Å².